The normalized spacial score (nSPS) is 14.5. The van der Waals surface area contributed by atoms with E-state index >= 15 is 0 Å². The van der Waals surface area contributed by atoms with Crippen molar-refractivity contribution in [3.8, 4) is 11.3 Å². The molecule has 2 heterocycles. The van der Waals surface area contributed by atoms with Gasteiger partial charge in [0, 0.05) is 41.6 Å². The van der Waals surface area contributed by atoms with Crippen molar-refractivity contribution in [2.45, 2.75) is 0 Å². The van der Waals surface area contributed by atoms with Gasteiger partial charge in [0.1, 0.15) is 5.69 Å². The molecule has 7 nitrogen and oxygen atoms in total. The second-order valence-corrected chi connectivity index (χ2v) is 7.23. The Kier molecular flexibility index (Phi) is 4.34. The number of thioether (sulfide) groups is 1. The van der Waals surface area contributed by atoms with Crippen LogP contribution in [0.5, 0.6) is 0 Å². The molecule has 0 saturated carbocycles. The van der Waals surface area contributed by atoms with Crippen LogP contribution in [0.15, 0.2) is 47.3 Å². The lowest BCUT2D eigenvalue weighted by Gasteiger charge is -2.28. The van der Waals surface area contributed by atoms with Crippen LogP contribution in [-0.2, 0) is 0 Å². The van der Waals surface area contributed by atoms with Gasteiger partial charge >= 0.3 is 0 Å². The van der Waals surface area contributed by atoms with Gasteiger partial charge in [-0.25, -0.2) is 5.10 Å². The smallest absolute Gasteiger partial charge is 0.293 e. The number of H-pyrrole nitrogens is 1. The zero-order valence-corrected chi connectivity index (χ0v) is 14.7. The van der Waals surface area contributed by atoms with Crippen LogP contribution < -0.4 is 10.5 Å². The molecule has 3 aromatic rings. The van der Waals surface area contributed by atoms with Crippen molar-refractivity contribution < 1.29 is 4.92 Å². The first-order chi connectivity index (χ1) is 12.6. The zero-order valence-electron chi connectivity index (χ0n) is 13.8. The first-order valence-corrected chi connectivity index (χ1v) is 9.39. The number of anilines is 1. The van der Waals surface area contributed by atoms with Gasteiger partial charge in [-0.2, -0.15) is 16.9 Å². The van der Waals surface area contributed by atoms with E-state index in [-0.39, 0.29) is 16.2 Å². The Labute approximate surface area is 153 Å². The van der Waals surface area contributed by atoms with Crippen LogP contribution in [-0.4, -0.2) is 39.7 Å². The fourth-order valence-corrected chi connectivity index (χ4v) is 4.13. The van der Waals surface area contributed by atoms with E-state index < -0.39 is 0 Å². The Morgan fingerprint density at radius 1 is 1.12 bits per heavy atom. The Balaban J connectivity index is 1.86. The summed E-state index contributed by atoms with van der Waals surface area (Å²) in [4.78, 5) is 25.3. The molecule has 0 unspecified atom stereocenters. The Bertz CT molecular complexity index is 1040. The molecule has 1 aromatic heterocycles. The van der Waals surface area contributed by atoms with Crippen molar-refractivity contribution in [1.29, 1.82) is 0 Å². The van der Waals surface area contributed by atoms with Gasteiger partial charge < -0.3 is 4.90 Å². The number of fused-ring (bicyclic) bond motifs is 1. The molecule has 1 aliphatic heterocycles. The number of benzene rings is 2. The summed E-state index contributed by atoms with van der Waals surface area (Å²) in [6.07, 6.45) is 0. The SMILES string of the molecule is O=c1[nH]nc(-c2ccc(N3CCSCC3)c([N+](=O)[O-])c2)c2ccccc12. The molecule has 0 radical (unpaired) electrons. The number of rotatable bonds is 3. The number of hydrogen-bond donors (Lipinski definition) is 1. The zero-order chi connectivity index (χ0) is 18.1. The van der Waals surface area contributed by atoms with Crippen molar-refractivity contribution in [1.82, 2.24) is 10.2 Å². The van der Waals surface area contributed by atoms with Crippen molar-refractivity contribution in [3.63, 3.8) is 0 Å². The summed E-state index contributed by atoms with van der Waals surface area (Å²) in [5.74, 6) is 1.93. The summed E-state index contributed by atoms with van der Waals surface area (Å²) in [6.45, 7) is 1.59. The summed E-state index contributed by atoms with van der Waals surface area (Å²) in [5.41, 5.74) is 1.56. The molecular weight excluding hydrogens is 352 g/mol. The number of aromatic amines is 1. The van der Waals surface area contributed by atoms with Crippen LogP contribution >= 0.6 is 11.8 Å². The van der Waals surface area contributed by atoms with Crippen molar-refractivity contribution in [2.75, 3.05) is 29.5 Å². The minimum Gasteiger partial charge on any atom is -0.364 e. The average Bonchev–Trinajstić information content (AvgIpc) is 2.69. The molecule has 1 N–H and O–H groups in total. The van der Waals surface area contributed by atoms with Gasteiger partial charge in [0.05, 0.1) is 16.0 Å². The molecule has 0 bridgehead atoms. The highest BCUT2D eigenvalue weighted by Gasteiger charge is 2.23. The maximum Gasteiger partial charge on any atom is 0.293 e. The first kappa shape index (κ1) is 16.6. The summed E-state index contributed by atoms with van der Waals surface area (Å²) < 4.78 is 0. The lowest BCUT2D eigenvalue weighted by Crippen LogP contribution is -2.32. The highest BCUT2D eigenvalue weighted by Crippen LogP contribution is 2.35. The fraction of sp³-hybridized carbons (Fsp3) is 0.222. The van der Waals surface area contributed by atoms with Crippen LogP contribution in [0.3, 0.4) is 0 Å². The highest BCUT2D eigenvalue weighted by atomic mass is 32.2. The molecular formula is C18H16N4O3S. The molecule has 2 aromatic carbocycles. The number of nitro groups is 1. The van der Waals surface area contributed by atoms with E-state index in [1.54, 1.807) is 30.3 Å². The van der Waals surface area contributed by atoms with E-state index in [2.05, 4.69) is 15.1 Å². The third-order valence-electron chi connectivity index (χ3n) is 4.49. The van der Waals surface area contributed by atoms with E-state index in [9.17, 15) is 14.9 Å². The van der Waals surface area contributed by atoms with E-state index in [4.69, 9.17) is 0 Å². The molecule has 4 rings (SSSR count). The predicted molar refractivity (Wildman–Crippen MR) is 104 cm³/mol. The average molecular weight is 368 g/mol. The maximum absolute atomic E-state index is 12.0. The second kappa shape index (κ2) is 6.80. The molecule has 0 aliphatic carbocycles. The minimum atomic E-state index is -0.353. The van der Waals surface area contributed by atoms with Crippen molar-refractivity contribution in [2.24, 2.45) is 0 Å². The van der Waals surface area contributed by atoms with Gasteiger partial charge in [0.15, 0.2) is 0 Å². The molecule has 132 valence electrons. The summed E-state index contributed by atoms with van der Waals surface area (Å²) in [7, 11) is 0. The molecule has 26 heavy (non-hydrogen) atoms. The van der Waals surface area contributed by atoms with E-state index in [1.807, 2.05) is 23.9 Å². The van der Waals surface area contributed by atoms with Crippen molar-refractivity contribution in [3.05, 3.63) is 62.9 Å². The fourth-order valence-electron chi connectivity index (χ4n) is 3.22. The topological polar surface area (TPSA) is 92.1 Å². The Morgan fingerprint density at radius 3 is 2.58 bits per heavy atom. The lowest BCUT2D eigenvalue weighted by molar-refractivity contribution is -0.384. The van der Waals surface area contributed by atoms with Gasteiger partial charge in [-0.15, -0.1) is 0 Å². The van der Waals surface area contributed by atoms with E-state index in [1.165, 1.54) is 0 Å². The standard InChI is InChI=1S/C18H16N4O3S/c23-18-14-4-2-1-3-13(14)17(19-20-18)12-5-6-15(16(11-12)22(24)25)21-7-9-26-10-8-21/h1-6,11H,7-10H2,(H,20,23). The molecule has 0 spiro atoms. The third-order valence-corrected chi connectivity index (χ3v) is 5.44. The van der Waals surface area contributed by atoms with Gasteiger partial charge in [-0.3, -0.25) is 14.9 Å². The number of aromatic nitrogens is 2. The quantitative estimate of drug-likeness (QED) is 0.564. The molecule has 0 amide bonds. The predicted octanol–water partition coefficient (Wildman–Crippen LogP) is 3.05. The first-order valence-electron chi connectivity index (χ1n) is 8.24. The summed E-state index contributed by atoms with van der Waals surface area (Å²) in [6, 6.07) is 12.3. The molecule has 0 atom stereocenters. The maximum atomic E-state index is 12.0. The van der Waals surface area contributed by atoms with Gasteiger partial charge in [-0.1, -0.05) is 24.3 Å². The number of nitrogens with one attached hydrogen (secondary N) is 1. The molecule has 8 heteroatoms. The van der Waals surface area contributed by atoms with Crippen LogP contribution in [0.1, 0.15) is 0 Å². The van der Waals surface area contributed by atoms with Gasteiger partial charge in [-0.05, 0) is 12.1 Å². The molecule has 1 fully saturated rings. The minimum absolute atomic E-state index is 0.0616. The molecule has 1 aliphatic rings. The van der Waals surface area contributed by atoms with E-state index in [0.29, 0.717) is 27.7 Å². The van der Waals surface area contributed by atoms with Crippen LogP contribution in [0, 0.1) is 10.1 Å². The monoisotopic (exact) mass is 368 g/mol. The van der Waals surface area contributed by atoms with Crippen molar-refractivity contribution >= 4 is 33.9 Å². The number of nitro benzene ring substituents is 1. The largest absolute Gasteiger partial charge is 0.364 e. The second-order valence-electron chi connectivity index (χ2n) is 6.01. The van der Waals surface area contributed by atoms with Crippen LogP contribution in [0.4, 0.5) is 11.4 Å². The lowest BCUT2D eigenvalue weighted by atomic mass is 10.0. The Morgan fingerprint density at radius 2 is 1.85 bits per heavy atom. The number of nitrogens with zero attached hydrogens (tertiary/aromatic N) is 3. The summed E-state index contributed by atoms with van der Waals surface area (Å²) >= 11 is 1.86. The van der Waals surface area contributed by atoms with Gasteiger partial charge in [0.2, 0.25) is 0 Å². The van der Waals surface area contributed by atoms with Crippen LogP contribution in [0.25, 0.3) is 22.0 Å². The van der Waals surface area contributed by atoms with Crippen LogP contribution in [0.2, 0.25) is 0 Å². The third kappa shape index (κ3) is 2.92. The highest BCUT2D eigenvalue weighted by molar-refractivity contribution is 7.99. The summed E-state index contributed by atoms with van der Waals surface area (Å²) in [5, 5.41) is 19.5. The molecule has 1 saturated heterocycles. The number of hydrogen-bond acceptors (Lipinski definition) is 6. The van der Waals surface area contributed by atoms with Gasteiger partial charge in [0.25, 0.3) is 11.2 Å². The Hall–Kier alpha value is -2.87. The van der Waals surface area contributed by atoms with E-state index in [0.717, 1.165) is 24.6 Å².